The highest BCUT2D eigenvalue weighted by Crippen LogP contribution is 2.21. The number of aryl methyl sites for hydroxylation is 1. The summed E-state index contributed by atoms with van der Waals surface area (Å²) < 4.78 is 5.12. The van der Waals surface area contributed by atoms with Gasteiger partial charge in [0.25, 0.3) is 5.91 Å². The summed E-state index contributed by atoms with van der Waals surface area (Å²) in [6.07, 6.45) is 4.17. The van der Waals surface area contributed by atoms with E-state index in [1.165, 1.54) is 0 Å². The molecule has 3 aromatic rings. The molecule has 0 bridgehead atoms. The predicted molar refractivity (Wildman–Crippen MR) is 98.7 cm³/mol. The maximum atomic E-state index is 12.1. The highest BCUT2D eigenvalue weighted by atomic mass is 16.5. The molecule has 0 aliphatic heterocycles. The Morgan fingerprint density at radius 1 is 1.07 bits per heavy atom. The van der Waals surface area contributed by atoms with Crippen LogP contribution < -0.4 is 15.6 Å². The molecule has 0 atom stereocenters. The van der Waals surface area contributed by atoms with Crippen molar-refractivity contribution in [1.82, 2.24) is 26.0 Å². The Bertz CT molecular complexity index is 907. The zero-order valence-electron chi connectivity index (χ0n) is 14.7. The van der Waals surface area contributed by atoms with E-state index >= 15 is 0 Å². The lowest BCUT2D eigenvalue weighted by Crippen LogP contribution is -2.41. The Balaban J connectivity index is 1.50. The average molecular weight is 365 g/mol. The van der Waals surface area contributed by atoms with Crippen LogP contribution in [0.1, 0.15) is 22.5 Å². The van der Waals surface area contributed by atoms with Gasteiger partial charge in [0.2, 0.25) is 5.91 Å². The van der Waals surface area contributed by atoms with Crippen LogP contribution in [0.5, 0.6) is 5.75 Å². The smallest absolute Gasteiger partial charge is 0.287 e. The Morgan fingerprint density at radius 3 is 2.52 bits per heavy atom. The van der Waals surface area contributed by atoms with Crippen molar-refractivity contribution in [2.75, 3.05) is 7.11 Å². The summed E-state index contributed by atoms with van der Waals surface area (Å²) >= 11 is 0. The quantitative estimate of drug-likeness (QED) is 0.578. The van der Waals surface area contributed by atoms with Crippen molar-refractivity contribution in [1.29, 1.82) is 0 Å². The number of benzene rings is 1. The predicted octanol–water partition coefficient (Wildman–Crippen LogP) is 1.87. The van der Waals surface area contributed by atoms with E-state index in [2.05, 4.69) is 26.0 Å². The molecular weight excluding hydrogens is 346 g/mol. The molecule has 8 heteroatoms. The molecule has 0 radical (unpaired) electrons. The molecule has 2 aromatic heterocycles. The SMILES string of the molecule is COc1ccc(-c2cc(C(=O)NNC(=O)CCc3ccncc3)[nH]n2)cc1. The fraction of sp³-hybridized carbons (Fsp3) is 0.158. The van der Waals surface area contributed by atoms with Gasteiger partial charge in [-0.05, 0) is 54.4 Å². The number of aromatic nitrogens is 3. The van der Waals surface area contributed by atoms with Gasteiger partial charge in [-0.2, -0.15) is 5.10 Å². The van der Waals surface area contributed by atoms with Gasteiger partial charge < -0.3 is 4.74 Å². The molecule has 0 saturated heterocycles. The first kappa shape index (κ1) is 18.1. The number of hydrazine groups is 1. The number of aromatic amines is 1. The maximum Gasteiger partial charge on any atom is 0.287 e. The normalized spacial score (nSPS) is 10.3. The van der Waals surface area contributed by atoms with Gasteiger partial charge in [0.05, 0.1) is 12.8 Å². The summed E-state index contributed by atoms with van der Waals surface area (Å²) in [6, 6.07) is 12.6. The van der Waals surface area contributed by atoms with E-state index < -0.39 is 5.91 Å². The molecule has 3 N–H and O–H groups in total. The lowest BCUT2D eigenvalue weighted by atomic mass is 10.1. The number of nitrogens with one attached hydrogen (secondary N) is 3. The van der Waals surface area contributed by atoms with Gasteiger partial charge in [0, 0.05) is 24.4 Å². The number of hydrogen-bond acceptors (Lipinski definition) is 5. The molecule has 27 heavy (non-hydrogen) atoms. The molecule has 0 unspecified atom stereocenters. The number of carbonyl (C=O) groups is 2. The first-order chi connectivity index (χ1) is 13.2. The van der Waals surface area contributed by atoms with Crippen LogP contribution in [0.4, 0.5) is 0 Å². The second-order valence-corrected chi connectivity index (χ2v) is 5.75. The fourth-order valence-electron chi connectivity index (χ4n) is 2.41. The second-order valence-electron chi connectivity index (χ2n) is 5.75. The van der Waals surface area contributed by atoms with Gasteiger partial charge in [0.15, 0.2) is 0 Å². The lowest BCUT2D eigenvalue weighted by Gasteiger charge is -2.06. The van der Waals surface area contributed by atoms with Crippen LogP contribution in [0.25, 0.3) is 11.3 Å². The number of nitrogens with zero attached hydrogens (tertiary/aromatic N) is 2. The lowest BCUT2D eigenvalue weighted by molar-refractivity contribution is -0.121. The number of carbonyl (C=O) groups excluding carboxylic acids is 2. The molecule has 0 fully saturated rings. The van der Waals surface area contributed by atoms with Crippen LogP contribution in [0.15, 0.2) is 54.9 Å². The first-order valence-corrected chi connectivity index (χ1v) is 8.33. The van der Waals surface area contributed by atoms with Crippen molar-refractivity contribution in [2.45, 2.75) is 12.8 Å². The zero-order valence-corrected chi connectivity index (χ0v) is 14.7. The molecule has 0 spiro atoms. The molecule has 2 amide bonds. The summed E-state index contributed by atoms with van der Waals surface area (Å²) in [7, 11) is 1.59. The minimum Gasteiger partial charge on any atom is -0.497 e. The topological polar surface area (TPSA) is 109 Å². The van der Waals surface area contributed by atoms with E-state index in [0.717, 1.165) is 16.9 Å². The minimum atomic E-state index is -0.473. The molecule has 0 aliphatic rings. The van der Waals surface area contributed by atoms with Crippen LogP contribution in [-0.4, -0.2) is 34.1 Å². The Morgan fingerprint density at radius 2 is 1.81 bits per heavy atom. The van der Waals surface area contributed by atoms with E-state index in [-0.39, 0.29) is 18.0 Å². The van der Waals surface area contributed by atoms with Crippen LogP contribution >= 0.6 is 0 Å². The molecule has 138 valence electrons. The largest absolute Gasteiger partial charge is 0.497 e. The molecule has 2 heterocycles. The second kappa shape index (κ2) is 8.61. The Labute approximate surface area is 155 Å². The number of ether oxygens (including phenoxy) is 1. The van der Waals surface area contributed by atoms with Crippen molar-refractivity contribution in [3.63, 3.8) is 0 Å². The van der Waals surface area contributed by atoms with E-state index in [9.17, 15) is 9.59 Å². The summed E-state index contributed by atoms with van der Waals surface area (Å²) in [4.78, 5) is 27.9. The summed E-state index contributed by atoms with van der Waals surface area (Å²) in [5, 5.41) is 6.78. The third-order valence-electron chi connectivity index (χ3n) is 3.91. The van der Waals surface area contributed by atoms with Crippen molar-refractivity contribution < 1.29 is 14.3 Å². The van der Waals surface area contributed by atoms with Gasteiger partial charge in [0.1, 0.15) is 11.4 Å². The van der Waals surface area contributed by atoms with Gasteiger partial charge in [-0.1, -0.05) is 0 Å². The Hall–Kier alpha value is -3.68. The van der Waals surface area contributed by atoms with Gasteiger partial charge in [-0.15, -0.1) is 0 Å². The standard InChI is InChI=1S/C19H19N5O3/c1-27-15-5-3-14(4-6-15)16-12-17(22-21-16)19(26)24-23-18(25)7-2-13-8-10-20-11-9-13/h3-6,8-12H,2,7H2,1H3,(H,21,22)(H,23,25)(H,24,26). The molecular formula is C19H19N5O3. The van der Waals surface area contributed by atoms with E-state index in [0.29, 0.717) is 12.1 Å². The molecule has 0 aliphatic carbocycles. The maximum absolute atomic E-state index is 12.1. The number of hydrogen-bond donors (Lipinski definition) is 3. The van der Waals surface area contributed by atoms with Crippen LogP contribution in [0.3, 0.4) is 0 Å². The first-order valence-electron chi connectivity index (χ1n) is 8.33. The zero-order chi connectivity index (χ0) is 19.1. The summed E-state index contributed by atoms with van der Waals surface area (Å²) in [5.74, 6) is -0.0173. The van der Waals surface area contributed by atoms with E-state index in [1.54, 1.807) is 25.6 Å². The van der Waals surface area contributed by atoms with E-state index in [1.807, 2.05) is 36.4 Å². The van der Waals surface area contributed by atoms with Crippen molar-refractivity contribution >= 4 is 11.8 Å². The molecule has 3 rings (SSSR count). The highest BCUT2D eigenvalue weighted by Gasteiger charge is 2.12. The number of amides is 2. The van der Waals surface area contributed by atoms with E-state index in [4.69, 9.17) is 4.74 Å². The molecule has 1 aromatic carbocycles. The Kier molecular flexibility index (Phi) is 5.78. The van der Waals surface area contributed by atoms with Crippen LogP contribution in [0, 0.1) is 0 Å². The number of H-pyrrole nitrogens is 1. The molecule has 8 nitrogen and oxygen atoms in total. The third kappa shape index (κ3) is 4.91. The van der Waals surface area contributed by atoms with Crippen LogP contribution in [0.2, 0.25) is 0 Å². The third-order valence-corrected chi connectivity index (χ3v) is 3.91. The fourth-order valence-corrected chi connectivity index (χ4v) is 2.41. The summed E-state index contributed by atoms with van der Waals surface area (Å²) in [5.41, 5.74) is 7.48. The highest BCUT2D eigenvalue weighted by molar-refractivity contribution is 5.94. The van der Waals surface area contributed by atoms with Crippen molar-refractivity contribution in [2.24, 2.45) is 0 Å². The van der Waals surface area contributed by atoms with Crippen molar-refractivity contribution in [3.05, 3.63) is 66.1 Å². The summed E-state index contributed by atoms with van der Waals surface area (Å²) in [6.45, 7) is 0. The number of pyridine rings is 1. The number of rotatable bonds is 6. The monoisotopic (exact) mass is 365 g/mol. The van der Waals surface area contributed by atoms with Crippen LogP contribution in [-0.2, 0) is 11.2 Å². The van der Waals surface area contributed by atoms with Crippen molar-refractivity contribution in [3.8, 4) is 17.0 Å². The molecule has 0 saturated carbocycles. The van der Waals surface area contributed by atoms with Gasteiger partial charge in [-0.3, -0.25) is 30.5 Å². The van der Waals surface area contributed by atoms with Gasteiger partial charge >= 0.3 is 0 Å². The van der Waals surface area contributed by atoms with Gasteiger partial charge in [-0.25, -0.2) is 0 Å². The average Bonchev–Trinajstić information content (AvgIpc) is 3.21. The number of methoxy groups -OCH3 is 1. The minimum absolute atomic E-state index is 0.246.